The maximum absolute atomic E-state index is 10.5. The third-order valence-electron chi connectivity index (χ3n) is 2.79. The number of nitro benzene ring substituents is 2. The van der Waals surface area contributed by atoms with Gasteiger partial charge in [0.15, 0.2) is 0 Å². The molecule has 0 amide bonds. The predicted octanol–water partition coefficient (Wildman–Crippen LogP) is 3.83. The monoisotopic (exact) mass is 312 g/mol. The highest BCUT2D eigenvalue weighted by molar-refractivity contribution is 5.75. The molecule has 116 valence electrons. The second-order valence-electron chi connectivity index (χ2n) is 4.36. The second kappa shape index (κ2) is 7.46. The summed E-state index contributed by atoms with van der Waals surface area (Å²) in [4.78, 5) is 24.2. The lowest BCUT2D eigenvalue weighted by atomic mass is 10.3. The third-order valence-corrected chi connectivity index (χ3v) is 2.79. The molecule has 1 N–H and O–H groups in total. The van der Waals surface area contributed by atoms with E-state index in [1.165, 1.54) is 30.5 Å². The second-order valence-corrected chi connectivity index (χ2v) is 4.36. The SMILES string of the molecule is O=[N+]([O-])c1ccc(N=C/C=C\Nc2ccc([N+](=O)[O-])cc2)cc1. The van der Waals surface area contributed by atoms with E-state index in [0.717, 1.165) is 0 Å². The van der Waals surface area contributed by atoms with Crippen LogP contribution in [0, 0.1) is 20.2 Å². The van der Waals surface area contributed by atoms with Gasteiger partial charge in [-0.25, -0.2) is 0 Å². The lowest BCUT2D eigenvalue weighted by Gasteiger charge is -1.98. The van der Waals surface area contributed by atoms with Crippen molar-refractivity contribution >= 4 is 29.0 Å². The fourth-order valence-electron chi connectivity index (χ4n) is 1.66. The predicted molar refractivity (Wildman–Crippen MR) is 87.1 cm³/mol. The molecule has 0 heterocycles. The summed E-state index contributed by atoms with van der Waals surface area (Å²) < 4.78 is 0. The van der Waals surface area contributed by atoms with Crippen molar-refractivity contribution < 1.29 is 9.85 Å². The first-order valence-corrected chi connectivity index (χ1v) is 6.51. The fourth-order valence-corrected chi connectivity index (χ4v) is 1.66. The maximum Gasteiger partial charge on any atom is 0.269 e. The highest BCUT2D eigenvalue weighted by atomic mass is 16.6. The molecule has 0 saturated carbocycles. The van der Waals surface area contributed by atoms with Gasteiger partial charge < -0.3 is 5.32 Å². The smallest absolute Gasteiger partial charge is 0.269 e. The minimum absolute atomic E-state index is 0.0133. The lowest BCUT2D eigenvalue weighted by molar-refractivity contribution is -0.385. The summed E-state index contributed by atoms with van der Waals surface area (Å²) in [6.07, 6.45) is 4.79. The van der Waals surface area contributed by atoms with E-state index in [9.17, 15) is 20.2 Å². The molecular formula is C15H12N4O4. The number of aliphatic imine (C=N–C) groups is 1. The van der Waals surface area contributed by atoms with Crippen LogP contribution in [0.3, 0.4) is 0 Å². The molecule has 2 rings (SSSR count). The summed E-state index contributed by atoms with van der Waals surface area (Å²) in [5.41, 5.74) is 1.34. The van der Waals surface area contributed by atoms with Gasteiger partial charge in [-0.2, -0.15) is 0 Å². The maximum atomic E-state index is 10.5. The van der Waals surface area contributed by atoms with E-state index in [2.05, 4.69) is 10.3 Å². The molecular weight excluding hydrogens is 300 g/mol. The molecule has 0 saturated heterocycles. The molecule has 2 aromatic carbocycles. The molecule has 0 aromatic heterocycles. The van der Waals surface area contributed by atoms with Crippen molar-refractivity contribution in [3.63, 3.8) is 0 Å². The molecule has 0 atom stereocenters. The number of hydrogen-bond acceptors (Lipinski definition) is 6. The topological polar surface area (TPSA) is 111 Å². The molecule has 0 fully saturated rings. The van der Waals surface area contributed by atoms with Crippen molar-refractivity contribution in [2.24, 2.45) is 4.99 Å². The molecule has 0 unspecified atom stereocenters. The summed E-state index contributed by atoms with van der Waals surface area (Å²) >= 11 is 0. The summed E-state index contributed by atoms with van der Waals surface area (Å²) in [5, 5.41) is 24.0. The lowest BCUT2D eigenvalue weighted by Crippen LogP contribution is -1.90. The van der Waals surface area contributed by atoms with Crippen molar-refractivity contribution in [2.45, 2.75) is 0 Å². The van der Waals surface area contributed by atoms with Crippen LogP contribution in [-0.4, -0.2) is 16.1 Å². The first kappa shape index (κ1) is 15.8. The zero-order valence-corrected chi connectivity index (χ0v) is 11.8. The molecule has 0 radical (unpaired) electrons. The molecule has 0 spiro atoms. The fraction of sp³-hybridized carbons (Fsp3) is 0. The van der Waals surface area contributed by atoms with Crippen LogP contribution in [0.15, 0.2) is 65.8 Å². The Morgan fingerprint density at radius 3 is 1.91 bits per heavy atom. The number of hydrogen-bond donors (Lipinski definition) is 1. The summed E-state index contributed by atoms with van der Waals surface area (Å²) in [7, 11) is 0. The van der Waals surface area contributed by atoms with E-state index in [1.54, 1.807) is 36.5 Å². The first-order chi connectivity index (χ1) is 11.1. The number of non-ortho nitro benzene ring substituents is 2. The molecule has 23 heavy (non-hydrogen) atoms. The molecule has 8 nitrogen and oxygen atoms in total. The van der Waals surface area contributed by atoms with Gasteiger partial charge in [-0.3, -0.25) is 25.2 Å². The number of nitrogens with zero attached hydrogens (tertiary/aromatic N) is 3. The van der Waals surface area contributed by atoms with E-state index in [1.807, 2.05) is 0 Å². The van der Waals surface area contributed by atoms with Crippen LogP contribution in [0.25, 0.3) is 0 Å². The standard InChI is InChI=1S/C15H12N4O4/c20-18(21)14-6-2-12(3-7-14)16-10-1-11-17-13-4-8-15(9-5-13)19(22)23/h1-11,16H/b10-1-,17-11?. The van der Waals surface area contributed by atoms with Gasteiger partial charge in [0, 0.05) is 42.4 Å². The number of benzene rings is 2. The Bertz CT molecular complexity index is 752. The van der Waals surface area contributed by atoms with Crippen molar-refractivity contribution in [1.82, 2.24) is 0 Å². The molecule has 0 bridgehead atoms. The quantitative estimate of drug-likeness (QED) is 0.495. The Labute approximate surface area is 131 Å². The van der Waals surface area contributed by atoms with Crippen molar-refractivity contribution in [3.05, 3.63) is 81.0 Å². The van der Waals surface area contributed by atoms with E-state index in [4.69, 9.17) is 0 Å². The largest absolute Gasteiger partial charge is 0.362 e. The molecule has 0 aliphatic heterocycles. The van der Waals surface area contributed by atoms with Gasteiger partial charge in [-0.05, 0) is 30.3 Å². The van der Waals surface area contributed by atoms with Crippen LogP contribution in [0.4, 0.5) is 22.7 Å². The van der Waals surface area contributed by atoms with E-state index in [0.29, 0.717) is 11.4 Å². The van der Waals surface area contributed by atoms with Crippen molar-refractivity contribution in [2.75, 3.05) is 5.32 Å². The zero-order valence-electron chi connectivity index (χ0n) is 11.8. The van der Waals surface area contributed by atoms with Crippen LogP contribution < -0.4 is 5.32 Å². The highest BCUT2D eigenvalue weighted by Gasteiger charge is 2.03. The van der Waals surface area contributed by atoms with E-state index < -0.39 is 9.85 Å². The number of nitro groups is 2. The van der Waals surface area contributed by atoms with E-state index >= 15 is 0 Å². The average molecular weight is 312 g/mol. The molecule has 2 aromatic rings. The zero-order chi connectivity index (χ0) is 16.7. The van der Waals surface area contributed by atoms with Gasteiger partial charge in [-0.15, -0.1) is 0 Å². The van der Waals surface area contributed by atoms with Crippen molar-refractivity contribution in [3.8, 4) is 0 Å². The molecule has 8 heteroatoms. The van der Waals surface area contributed by atoms with Crippen LogP contribution >= 0.6 is 0 Å². The summed E-state index contributed by atoms with van der Waals surface area (Å²) in [6, 6.07) is 11.9. The minimum Gasteiger partial charge on any atom is -0.362 e. The first-order valence-electron chi connectivity index (χ1n) is 6.51. The van der Waals surface area contributed by atoms with Gasteiger partial charge in [0.2, 0.25) is 0 Å². The van der Waals surface area contributed by atoms with Crippen LogP contribution in [0.1, 0.15) is 0 Å². The normalized spacial score (nSPS) is 11.0. The third kappa shape index (κ3) is 4.74. The molecule has 0 aliphatic carbocycles. The minimum atomic E-state index is -0.471. The van der Waals surface area contributed by atoms with Crippen LogP contribution in [0.2, 0.25) is 0 Å². The highest BCUT2D eigenvalue weighted by Crippen LogP contribution is 2.17. The van der Waals surface area contributed by atoms with Crippen LogP contribution in [0.5, 0.6) is 0 Å². The van der Waals surface area contributed by atoms with Crippen LogP contribution in [-0.2, 0) is 0 Å². The summed E-state index contributed by atoms with van der Waals surface area (Å²) in [6.45, 7) is 0. The van der Waals surface area contributed by atoms with Gasteiger partial charge in [0.1, 0.15) is 0 Å². The van der Waals surface area contributed by atoms with Gasteiger partial charge >= 0.3 is 0 Å². The Morgan fingerprint density at radius 1 is 0.870 bits per heavy atom. The van der Waals surface area contributed by atoms with E-state index in [-0.39, 0.29) is 11.4 Å². The average Bonchev–Trinajstić information content (AvgIpc) is 2.55. The molecule has 0 aliphatic rings. The Morgan fingerprint density at radius 2 is 1.39 bits per heavy atom. The summed E-state index contributed by atoms with van der Waals surface area (Å²) in [5.74, 6) is 0. The van der Waals surface area contributed by atoms with Gasteiger partial charge in [0.05, 0.1) is 15.5 Å². The number of anilines is 1. The van der Waals surface area contributed by atoms with Gasteiger partial charge in [-0.1, -0.05) is 0 Å². The number of nitrogens with one attached hydrogen (secondary N) is 1. The Kier molecular flexibility index (Phi) is 5.13. The van der Waals surface area contributed by atoms with Crippen molar-refractivity contribution in [1.29, 1.82) is 0 Å². The van der Waals surface area contributed by atoms with Gasteiger partial charge in [0.25, 0.3) is 11.4 Å². The number of allylic oxidation sites excluding steroid dienone is 1. The Hall–Kier alpha value is -3.55. The number of rotatable bonds is 6. The Balaban J connectivity index is 1.88.